The molecule has 0 aliphatic heterocycles. The van der Waals surface area contributed by atoms with Crippen molar-refractivity contribution in [1.82, 2.24) is 15.1 Å². The maximum atomic E-state index is 4.61. The number of aromatic nitrogens is 2. The Bertz CT molecular complexity index is 700. The Morgan fingerprint density at radius 2 is 1.90 bits per heavy atom. The van der Waals surface area contributed by atoms with Crippen molar-refractivity contribution >= 4 is 10.8 Å². The second kappa shape index (κ2) is 5.88. The van der Waals surface area contributed by atoms with Gasteiger partial charge in [0.25, 0.3) is 0 Å². The average molecular weight is 265 g/mol. The van der Waals surface area contributed by atoms with Gasteiger partial charge in [0, 0.05) is 12.7 Å². The van der Waals surface area contributed by atoms with Gasteiger partial charge in [-0.15, -0.1) is 0 Å². The highest BCUT2D eigenvalue weighted by atomic mass is 15.3. The van der Waals surface area contributed by atoms with Gasteiger partial charge >= 0.3 is 0 Å². The monoisotopic (exact) mass is 265 g/mol. The zero-order valence-electron chi connectivity index (χ0n) is 11.7. The van der Waals surface area contributed by atoms with Crippen LogP contribution in [0, 0.1) is 0 Å². The molecular formula is C17H19N3. The minimum atomic E-state index is 0.828. The van der Waals surface area contributed by atoms with E-state index in [-0.39, 0.29) is 0 Å². The van der Waals surface area contributed by atoms with Gasteiger partial charge in [-0.2, -0.15) is 5.10 Å². The van der Waals surface area contributed by atoms with Gasteiger partial charge in [-0.25, -0.2) is 4.68 Å². The van der Waals surface area contributed by atoms with E-state index in [0.717, 1.165) is 30.9 Å². The molecule has 0 aliphatic rings. The van der Waals surface area contributed by atoms with Crippen molar-refractivity contribution in [1.29, 1.82) is 0 Å². The lowest BCUT2D eigenvalue weighted by Gasteiger charge is -2.04. The molecule has 20 heavy (non-hydrogen) atoms. The second-order valence-electron chi connectivity index (χ2n) is 4.96. The Morgan fingerprint density at radius 1 is 1.05 bits per heavy atom. The van der Waals surface area contributed by atoms with E-state index in [1.165, 1.54) is 10.8 Å². The van der Waals surface area contributed by atoms with Gasteiger partial charge in [0.1, 0.15) is 0 Å². The van der Waals surface area contributed by atoms with Gasteiger partial charge in [-0.1, -0.05) is 37.3 Å². The highest BCUT2D eigenvalue weighted by Gasteiger charge is 2.02. The molecule has 0 atom stereocenters. The van der Waals surface area contributed by atoms with Crippen LogP contribution in [0.3, 0.4) is 0 Å². The van der Waals surface area contributed by atoms with E-state index in [1.54, 1.807) is 0 Å². The topological polar surface area (TPSA) is 29.9 Å². The van der Waals surface area contributed by atoms with Crippen molar-refractivity contribution in [2.75, 3.05) is 6.54 Å². The van der Waals surface area contributed by atoms with Crippen molar-refractivity contribution in [2.45, 2.75) is 19.9 Å². The molecule has 1 N–H and O–H groups in total. The Hall–Kier alpha value is -2.13. The third kappa shape index (κ3) is 2.73. The van der Waals surface area contributed by atoms with Crippen LogP contribution >= 0.6 is 0 Å². The standard InChI is InChI=1S/C17H19N3/c1-2-10-18-13-16-9-11-20(19-16)17-8-7-14-5-3-4-6-15(14)12-17/h3-9,11-12,18H,2,10,13H2,1H3. The molecule has 1 heterocycles. The maximum absolute atomic E-state index is 4.61. The largest absolute Gasteiger partial charge is 0.311 e. The van der Waals surface area contributed by atoms with Crippen LogP contribution in [-0.4, -0.2) is 16.3 Å². The fourth-order valence-electron chi connectivity index (χ4n) is 2.31. The molecule has 1 aromatic heterocycles. The number of fused-ring (bicyclic) bond motifs is 1. The summed E-state index contributed by atoms with van der Waals surface area (Å²) in [6, 6.07) is 16.9. The lowest BCUT2D eigenvalue weighted by Crippen LogP contribution is -2.14. The van der Waals surface area contributed by atoms with Crippen molar-refractivity contribution in [3.8, 4) is 5.69 Å². The molecule has 2 aromatic carbocycles. The van der Waals surface area contributed by atoms with Crippen LogP contribution in [0.5, 0.6) is 0 Å². The fraction of sp³-hybridized carbons (Fsp3) is 0.235. The van der Waals surface area contributed by atoms with Gasteiger partial charge in [0.05, 0.1) is 11.4 Å². The Balaban J connectivity index is 1.83. The lowest BCUT2D eigenvalue weighted by atomic mass is 10.1. The third-order valence-electron chi connectivity index (χ3n) is 3.37. The first-order valence-electron chi connectivity index (χ1n) is 7.11. The fourth-order valence-corrected chi connectivity index (χ4v) is 2.31. The lowest BCUT2D eigenvalue weighted by molar-refractivity contribution is 0.656. The first-order valence-corrected chi connectivity index (χ1v) is 7.11. The van der Waals surface area contributed by atoms with E-state index in [4.69, 9.17) is 0 Å². The summed E-state index contributed by atoms with van der Waals surface area (Å²) >= 11 is 0. The van der Waals surface area contributed by atoms with Crippen molar-refractivity contribution in [3.05, 3.63) is 60.4 Å². The Morgan fingerprint density at radius 3 is 2.75 bits per heavy atom. The van der Waals surface area contributed by atoms with Crippen LogP contribution in [0.25, 0.3) is 16.5 Å². The summed E-state index contributed by atoms with van der Waals surface area (Å²) in [5.74, 6) is 0. The summed E-state index contributed by atoms with van der Waals surface area (Å²) in [4.78, 5) is 0. The molecule has 0 saturated heterocycles. The summed E-state index contributed by atoms with van der Waals surface area (Å²) in [5.41, 5.74) is 2.18. The van der Waals surface area contributed by atoms with Crippen molar-refractivity contribution < 1.29 is 0 Å². The normalized spacial score (nSPS) is 11.1. The second-order valence-corrected chi connectivity index (χ2v) is 4.96. The van der Waals surface area contributed by atoms with E-state index in [9.17, 15) is 0 Å². The number of hydrogen-bond acceptors (Lipinski definition) is 2. The van der Waals surface area contributed by atoms with Crippen LogP contribution in [0.2, 0.25) is 0 Å². The molecule has 3 aromatic rings. The number of hydrogen-bond donors (Lipinski definition) is 1. The quantitative estimate of drug-likeness (QED) is 0.715. The van der Waals surface area contributed by atoms with Crippen LogP contribution in [-0.2, 0) is 6.54 Å². The molecule has 0 radical (unpaired) electrons. The molecule has 102 valence electrons. The van der Waals surface area contributed by atoms with Crippen LogP contribution in [0.15, 0.2) is 54.7 Å². The van der Waals surface area contributed by atoms with Crippen molar-refractivity contribution in [3.63, 3.8) is 0 Å². The minimum Gasteiger partial charge on any atom is -0.311 e. The minimum absolute atomic E-state index is 0.828. The molecule has 0 saturated carbocycles. The van der Waals surface area contributed by atoms with E-state index in [0.29, 0.717) is 0 Å². The van der Waals surface area contributed by atoms with E-state index < -0.39 is 0 Å². The SMILES string of the molecule is CCCNCc1ccn(-c2ccc3ccccc3c2)n1. The number of nitrogens with one attached hydrogen (secondary N) is 1. The summed E-state index contributed by atoms with van der Waals surface area (Å²) in [7, 11) is 0. The molecular weight excluding hydrogens is 246 g/mol. The summed E-state index contributed by atoms with van der Waals surface area (Å²) in [6.45, 7) is 4.03. The van der Waals surface area contributed by atoms with E-state index >= 15 is 0 Å². The maximum Gasteiger partial charge on any atom is 0.0766 e. The molecule has 0 spiro atoms. The Labute approximate surface area is 119 Å². The van der Waals surface area contributed by atoms with Crippen LogP contribution in [0.4, 0.5) is 0 Å². The molecule has 0 fully saturated rings. The number of nitrogens with zero attached hydrogens (tertiary/aromatic N) is 2. The highest BCUT2D eigenvalue weighted by Crippen LogP contribution is 2.18. The smallest absolute Gasteiger partial charge is 0.0766 e. The summed E-state index contributed by atoms with van der Waals surface area (Å²) in [5, 5.41) is 10.5. The zero-order chi connectivity index (χ0) is 13.8. The summed E-state index contributed by atoms with van der Waals surface area (Å²) < 4.78 is 1.94. The highest BCUT2D eigenvalue weighted by molar-refractivity contribution is 5.84. The molecule has 3 rings (SSSR count). The van der Waals surface area contributed by atoms with Crippen LogP contribution < -0.4 is 5.32 Å². The first-order chi connectivity index (χ1) is 9.86. The average Bonchev–Trinajstić information content (AvgIpc) is 2.96. The van der Waals surface area contributed by atoms with E-state index in [1.807, 2.05) is 10.9 Å². The molecule has 0 bridgehead atoms. The van der Waals surface area contributed by atoms with Gasteiger partial charge in [-0.3, -0.25) is 0 Å². The number of rotatable bonds is 5. The molecule has 0 unspecified atom stereocenters. The van der Waals surface area contributed by atoms with Gasteiger partial charge in [0.2, 0.25) is 0 Å². The van der Waals surface area contributed by atoms with Crippen LogP contribution in [0.1, 0.15) is 19.0 Å². The predicted molar refractivity (Wildman–Crippen MR) is 83.1 cm³/mol. The van der Waals surface area contributed by atoms with E-state index in [2.05, 4.69) is 65.9 Å². The van der Waals surface area contributed by atoms with Gasteiger partial charge in [-0.05, 0) is 41.9 Å². The molecule has 3 heteroatoms. The van der Waals surface area contributed by atoms with Gasteiger partial charge < -0.3 is 5.32 Å². The zero-order valence-corrected chi connectivity index (χ0v) is 11.7. The van der Waals surface area contributed by atoms with Crippen molar-refractivity contribution in [2.24, 2.45) is 0 Å². The predicted octanol–water partition coefficient (Wildman–Crippen LogP) is 3.53. The summed E-state index contributed by atoms with van der Waals surface area (Å²) in [6.07, 6.45) is 3.17. The Kier molecular flexibility index (Phi) is 3.79. The molecule has 0 amide bonds. The first kappa shape index (κ1) is 12.9. The van der Waals surface area contributed by atoms with Gasteiger partial charge in [0.15, 0.2) is 0 Å². The molecule has 0 aliphatic carbocycles. The molecule has 3 nitrogen and oxygen atoms in total. The number of benzene rings is 2. The third-order valence-corrected chi connectivity index (χ3v) is 3.37.